The molecule has 1 aliphatic heterocycles. The van der Waals surface area contributed by atoms with Gasteiger partial charge in [0.25, 0.3) is 0 Å². The van der Waals surface area contributed by atoms with Gasteiger partial charge in [0.05, 0.1) is 6.04 Å². The SMILES string of the molecule is C[C@H](Nc1nccc(N2C(=O)OC[C@@]2(C)c2ccccc2)n1)c1ccccc1. The molecule has 0 bridgehead atoms. The van der Waals surface area contributed by atoms with Gasteiger partial charge < -0.3 is 10.1 Å². The zero-order valence-electron chi connectivity index (χ0n) is 15.9. The highest BCUT2D eigenvalue weighted by molar-refractivity contribution is 5.90. The number of carbonyl (C=O) groups excluding carboxylic acids is 1. The van der Waals surface area contributed by atoms with Crippen LogP contribution in [0.15, 0.2) is 72.9 Å². The third-order valence-electron chi connectivity index (χ3n) is 5.06. The van der Waals surface area contributed by atoms with E-state index in [4.69, 9.17) is 4.74 Å². The minimum absolute atomic E-state index is 0.0301. The molecule has 2 heterocycles. The molecule has 3 aromatic rings. The minimum atomic E-state index is -0.630. The Morgan fingerprint density at radius 3 is 2.46 bits per heavy atom. The number of cyclic esters (lactones) is 1. The van der Waals surface area contributed by atoms with E-state index in [1.54, 1.807) is 17.2 Å². The predicted molar refractivity (Wildman–Crippen MR) is 108 cm³/mol. The molecule has 6 nitrogen and oxygen atoms in total. The highest BCUT2D eigenvalue weighted by Gasteiger charge is 2.46. The fourth-order valence-electron chi connectivity index (χ4n) is 3.45. The summed E-state index contributed by atoms with van der Waals surface area (Å²) in [6.45, 7) is 4.29. The summed E-state index contributed by atoms with van der Waals surface area (Å²) >= 11 is 0. The van der Waals surface area contributed by atoms with Crippen LogP contribution in [0.25, 0.3) is 0 Å². The average molecular weight is 374 g/mol. The second-order valence-electron chi connectivity index (χ2n) is 7.05. The molecule has 1 N–H and O–H groups in total. The van der Waals surface area contributed by atoms with Gasteiger partial charge in [-0.3, -0.25) is 0 Å². The number of benzene rings is 2. The van der Waals surface area contributed by atoms with Crippen LogP contribution in [-0.2, 0) is 10.3 Å². The van der Waals surface area contributed by atoms with Gasteiger partial charge in [0.15, 0.2) is 0 Å². The Morgan fingerprint density at radius 1 is 1.07 bits per heavy atom. The number of aromatic nitrogens is 2. The van der Waals surface area contributed by atoms with Gasteiger partial charge in [0, 0.05) is 6.20 Å². The summed E-state index contributed by atoms with van der Waals surface area (Å²) in [5.41, 5.74) is 1.49. The van der Waals surface area contributed by atoms with E-state index in [2.05, 4.69) is 15.3 Å². The van der Waals surface area contributed by atoms with Crippen molar-refractivity contribution in [3.05, 3.63) is 84.1 Å². The van der Waals surface area contributed by atoms with Crippen LogP contribution in [0.1, 0.15) is 31.0 Å². The van der Waals surface area contributed by atoms with Crippen LogP contribution < -0.4 is 10.2 Å². The molecule has 0 unspecified atom stereocenters. The van der Waals surface area contributed by atoms with Gasteiger partial charge in [-0.1, -0.05) is 60.7 Å². The van der Waals surface area contributed by atoms with E-state index in [0.29, 0.717) is 11.8 Å². The number of carbonyl (C=O) groups is 1. The first kappa shape index (κ1) is 18.0. The highest BCUT2D eigenvalue weighted by atomic mass is 16.6. The Kier molecular flexibility index (Phi) is 4.69. The Morgan fingerprint density at radius 2 is 1.75 bits per heavy atom. The van der Waals surface area contributed by atoms with Crippen LogP contribution in [0.4, 0.5) is 16.6 Å². The number of amides is 1. The highest BCUT2D eigenvalue weighted by Crippen LogP contribution is 2.37. The summed E-state index contributed by atoms with van der Waals surface area (Å²) < 4.78 is 5.39. The van der Waals surface area contributed by atoms with Gasteiger partial charge in [-0.25, -0.2) is 14.7 Å². The van der Waals surface area contributed by atoms with Crippen LogP contribution >= 0.6 is 0 Å². The van der Waals surface area contributed by atoms with Gasteiger partial charge in [0.2, 0.25) is 5.95 Å². The van der Waals surface area contributed by atoms with Crippen LogP contribution in [0.5, 0.6) is 0 Å². The van der Waals surface area contributed by atoms with Crippen LogP contribution in [0.2, 0.25) is 0 Å². The zero-order valence-corrected chi connectivity index (χ0v) is 15.9. The molecule has 1 aliphatic rings. The maximum Gasteiger partial charge on any atom is 0.416 e. The minimum Gasteiger partial charge on any atom is -0.446 e. The largest absolute Gasteiger partial charge is 0.446 e. The number of hydrogen-bond donors (Lipinski definition) is 1. The topological polar surface area (TPSA) is 67.4 Å². The first-order chi connectivity index (χ1) is 13.6. The number of rotatable bonds is 5. The maximum atomic E-state index is 12.5. The summed E-state index contributed by atoms with van der Waals surface area (Å²) in [5, 5.41) is 3.30. The molecule has 6 heteroatoms. The van der Waals surface area contributed by atoms with Crippen LogP contribution in [-0.4, -0.2) is 22.7 Å². The maximum absolute atomic E-state index is 12.5. The van der Waals surface area contributed by atoms with Gasteiger partial charge in [-0.15, -0.1) is 0 Å². The van der Waals surface area contributed by atoms with Crippen molar-refractivity contribution >= 4 is 17.9 Å². The first-order valence-electron chi connectivity index (χ1n) is 9.25. The van der Waals surface area contributed by atoms with Gasteiger partial charge >= 0.3 is 6.09 Å². The molecule has 142 valence electrons. The average Bonchev–Trinajstić information content (AvgIpc) is 3.05. The molecule has 28 heavy (non-hydrogen) atoms. The van der Waals surface area contributed by atoms with Crippen molar-refractivity contribution in [1.82, 2.24) is 9.97 Å². The van der Waals surface area contributed by atoms with Gasteiger partial charge in [-0.05, 0) is 31.0 Å². The first-order valence-corrected chi connectivity index (χ1v) is 9.25. The van der Waals surface area contributed by atoms with Crippen molar-refractivity contribution in [1.29, 1.82) is 0 Å². The molecule has 4 rings (SSSR count). The van der Waals surface area contributed by atoms with Crippen molar-refractivity contribution in [2.75, 3.05) is 16.8 Å². The number of hydrogen-bond acceptors (Lipinski definition) is 5. The van der Waals surface area contributed by atoms with E-state index >= 15 is 0 Å². The molecular weight excluding hydrogens is 352 g/mol. The number of ether oxygens (including phenoxy) is 1. The predicted octanol–water partition coefficient (Wildman–Crippen LogP) is 4.52. The molecule has 2 atom stereocenters. The van der Waals surface area contributed by atoms with Crippen LogP contribution in [0.3, 0.4) is 0 Å². The Bertz CT molecular complexity index is 965. The number of nitrogens with one attached hydrogen (secondary N) is 1. The van der Waals surface area contributed by atoms with Gasteiger partial charge in [-0.2, -0.15) is 4.98 Å². The smallest absolute Gasteiger partial charge is 0.416 e. The zero-order chi connectivity index (χ0) is 19.6. The Labute approximate surface area is 164 Å². The molecule has 2 aromatic carbocycles. The van der Waals surface area contributed by atoms with Crippen molar-refractivity contribution in [2.45, 2.75) is 25.4 Å². The standard InChI is InChI=1S/C22H22N4O2/c1-16(17-9-5-3-6-10-17)24-20-23-14-13-19(25-20)26-21(27)28-15-22(26,2)18-11-7-4-8-12-18/h3-14,16H,15H2,1-2H3,(H,23,24,25)/t16-,22-/m0/s1. The quantitative estimate of drug-likeness (QED) is 0.711. The van der Waals surface area contributed by atoms with E-state index in [1.165, 1.54) is 0 Å². The molecule has 0 aliphatic carbocycles. The normalized spacial score (nSPS) is 19.9. The van der Waals surface area contributed by atoms with Crippen molar-refractivity contribution < 1.29 is 9.53 Å². The summed E-state index contributed by atoms with van der Waals surface area (Å²) in [7, 11) is 0. The molecule has 1 fully saturated rings. The lowest BCUT2D eigenvalue weighted by molar-refractivity contribution is 0.174. The third-order valence-corrected chi connectivity index (χ3v) is 5.06. The lowest BCUT2D eigenvalue weighted by Gasteiger charge is -2.31. The molecule has 0 radical (unpaired) electrons. The monoisotopic (exact) mass is 374 g/mol. The fraction of sp³-hybridized carbons (Fsp3) is 0.227. The number of anilines is 2. The van der Waals surface area contributed by atoms with E-state index in [9.17, 15) is 4.79 Å². The summed E-state index contributed by atoms with van der Waals surface area (Å²) in [6, 6.07) is 21.7. The Balaban J connectivity index is 1.63. The molecule has 1 amide bonds. The molecular formula is C22H22N4O2. The van der Waals surface area contributed by atoms with E-state index in [0.717, 1.165) is 11.1 Å². The van der Waals surface area contributed by atoms with Gasteiger partial charge in [0.1, 0.15) is 18.0 Å². The van der Waals surface area contributed by atoms with E-state index < -0.39 is 11.6 Å². The summed E-state index contributed by atoms with van der Waals surface area (Å²) in [5.74, 6) is 0.968. The van der Waals surface area contributed by atoms with Crippen molar-refractivity contribution in [3.63, 3.8) is 0 Å². The lowest BCUT2D eigenvalue weighted by atomic mass is 9.92. The lowest BCUT2D eigenvalue weighted by Crippen LogP contribution is -2.42. The van der Waals surface area contributed by atoms with Crippen molar-refractivity contribution in [2.24, 2.45) is 0 Å². The summed E-state index contributed by atoms with van der Waals surface area (Å²) in [4.78, 5) is 23.1. The number of nitrogens with zero attached hydrogens (tertiary/aromatic N) is 3. The van der Waals surface area contributed by atoms with Crippen molar-refractivity contribution in [3.8, 4) is 0 Å². The molecule has 0 saturated carbocycles. The van der Waals surface area contributed by atoms with Crippen LogP contribution in [0, 0.1) is 0 Å². The second-order valence-corrected chi connectivity index (χ2v) is 7.05. The molecule has 0 spiro atoms. The third kappa shape index (κ3) is 3.29. The second kappa shape index (κ2) is 7.31. The summed E-state index contributed by atoms with van der Waals surface area (Å²) in [6.07, 6.45) is 1.24. The fourth-order valence-corrected chi connectivity index (χ4v) is 3.45. The molecule has 1 saturated heterocycles. The van der Waals surface area contributed by atoms with E-state index in [-0.39, 0.29) is 12.6 Å². The van der Waals surface area contributed by atoms with E-state index in [1.807, 2.05) is 74.5 Å². The Hall–Kier alpha value is -3.41. The molecule has 1 aromatic heterocycles.